The first-order valence-corrected chi connectivity index (χ1v) is 8.25. The zero-order chi connectivity index (χ0) is 15.1. The number of para-hydroxylation sites is 1. The fourth-order valence-electron chi connectivity index (χ4n) is 1.13. The molecule has 0 aliphatic carbocycles. The maximum absolute atomic E-state index is 10.9. The van der Waals surface area contributed by atoms with Gasteiger partial charge in [0.1, 0.15) is 0 Å². The van der Waals surface area contributed by atoms with Crippen molar-refractivity contribution in [1.82, 2.24) is 4.72 Å². The highest BCUT2D eigenvalue weighted by Gasteiger charge is 2.06. The first-order valence-electron chi connectivity index (χ1n) is 4.96. The Balaban J connectivity index is 0.000000555. The second kappa shape index (κ2) is 7.40. The fourth-order valence-corrected chi connectivity index (χ4v) is 1.84. The van der Waals surface area contributed by atoms with Crippen molar-refractivity contribution < 1.29 is 25.9 Å². The number of rotatable bonds is 4. The minimum atomic E-state index is -4.67. The molecule has 0 aliphatic rings. The van der Waals surface area contributed by atoms with Gasteiger partial charge in [-0.05, 0) is 19.1 Å². The largest absolute Gasteiger partial charge is 0.394 e. The molecular weight excluding hydrogens is 296 g/mol. The summed E-state index contributed by atoms with van der Waals surface area (Å²) in [4.78, 5) is 0. The standard InChI is InChI=1S/C9H14N2O2S.H2O4S/c1-8(11-14(2,12)13)10-9-6-4-3-5-7-9;1-5(2,3)4/h3-8,10-11H,1-2H3;(H2,1,2,3,4). The highest BCUT2D eigenvalue weighted by atomic mass is 32.3. The molecule has 4 N–H and O–H groups in total. The van der Waals surface area contributed by atoms with Crippen LogP contribution in [0.2, 0.25) is 0 Å². The van der Waals surface area contributed by atoms with E-state index in [1.807, 2.05) is 30.3 Å². The lowest BCUT2D eigenvalue weighted by atomic mass is 10.3. The van der Waals surface area contributed by atoms with Crippen molar-refractivity contribution in [3.63, 3.8) is 0 Å². The Hall–Kier alpha value is -1.20. The molecule has 110 valence electrons. The van der Waals surface area contributed by atoms with E-state index in [4.69, 9.17) is 17.5 Å². The second-order valence-electron chi connectivity index (χ2n) is 3.57. The van der Waals surface area contributed by atoms with Crippen molar-refractivity contribution in [2.24, 2.45) is 0 Å². The van der Waals surface area contributed by atoms with E-state index in [0.29, 0.717) is 0 Å². The quantitative estimate of drug-likeness (QED) is 0.465. The van der Waals surface area contributed by atoms with Crippen LogP contribution in [0.4, 0.5) is 5.69 Å². The van der Waals surface area contributed by atoms with Crippen molar-refractivity contribution in [2.75, 3.05) is 11.6 Å². The predicted octanol–water partition coefficient (Wildman–Crippen LogP) is 0.341. The lowest BCUT2D eigenvalue weighted by molar-refractivity contribution is 0.381. The molecule has 10 heteroatoms. The molecule has 0 radical (unpaired) electrons. The Bertz CT molecular complexity index is 562. The number of anilines is 1. The predicted molar refractivity (Wildman–Crippen MR) is 71.7 cm³/mol. The highest BCUT2D eigenvalue weighted by molar-refractivity contribution is 7.88. The van der Waals surface area contributed by atoms with Gasteiger partial charge in [-0.25, -0.2) is 8.42 Å². The van der Waals surface area contributed by atoms with Gasteiger partial charge >= 0.3 is 10.4 Å². The van der Waals surface area contributed by atoms with Gasteiger partial charge in [0.2, 0.25) is 10.0 Å². The maximum Gasteiger partial charge on any atom is 0.394 e. The van der Waals surface area contributed by atoms with Crippen LogP contribution >= 0.6 is 0 Å². The molecule has 1 rings (SSSR count). The Morgan fingerprint density at radius 1 is 1.05 bits per heavy atom. The van der Waals surface area contributed by atoms with Crippen LogP contribution in [0.5, 0.6) is 0 Å². The molecule has 1 aromatic rings. The molecule has 0 bridgehead atoms. The van der Waals surface area contributed by atoms with E-state index in [0.717, 1.165) is 11.9 Å². The van der Waals surface area contributed by atoms with E-state index < -0.39 is 20.4 Å². The Kier molecular flexibility index (Phi) is 6.94. The molecule has 19 heavy (non-hydrogen) atoms. The van der Waals surface area contributed by atoms with Crippen LogP contribution in [0.15, 0.2) is 30.3 Å². The number of nitrogens with one attached hydrogen (secondary N) is 2. The molecule has 0 spiro atoms. The van der Waals surface area contributed by atoms with Gasteiger partial charge in [0.25, 0.3) is 0 Å². The third kappa shape index (κ3) is 14.7. The van der Waals surface area contributed by atoms with Gasteiger partial charge in [-0.2, -0.15) is 13.1 Å². The smallest absolute Gasteiger partial charge is 0.369 e. The molecule has 0 aromatic heterocycles. The fraction of sp³-hybridized carbons (Fsp3) is 0.333. The van der Waals surface area contributed by atoms with Crippen molar-refractivity contribution in [3.8, 4) is 0 Å². The summed E-state index contributed by atoms with van der Waals surface area (Å²) in [5.41, 5.74) is 0.885. The summed E-state index contributed by atoms with van der Waals surface area (Å²) in [6, 6.07) is 9.42. The molecule has 8 nitrogen and oxygen atoms in total. The third-order valence-corrected chi connectivity index (χ3v) is 2.33. The van der Waals surface area contributed by atoms with Crippen molar-refractivity contribution in [1.29, 1.82) is 0 Å². The van der Waals surface area contributed by atoms with E-state index in [1.54, 1.807) is 6.92 Å². The Labute approximate surface area is 112 Å². The summed E-state index contributed by atoms with van der Waals surface area (Å²) in [6.45, 7) is 1.74. The molecular formula is C9H16N2O6S2. The number of benzene rings is 1. The highest BCUT2D eigenvalue weighted by Crippen LogP contribution is 2.05. The zero-order valence-electron chi connectivity index (χ0n) is 10.3. The Morgan fingerprint density at radius 2 is 1.47 bits per heavy atom. The third-order valence-electron chi connectivity index (χ3n) is 1.55. The Morgan fingerprint density at radius 3 is 1.84 bits per heavy atom. The van der Waals surface area contributed by atoms with Gasteiger partial charge in [-0.15, -0.1) is 0 Å². The van der Waals surface area contributed by atoms with Gasteiger partial charge in [0, 0.05) is 5.69 Å². The topological polar surface area (TPSA) is 133 Å². The number of hydrogen-bond donors (Lipinski definition) is 4. The van der Waals surface area contributed by atoms with Crippen molar-refractivity contribution >= 4 is 26.1 Å². The van der Waals surface area contributed by atoms with E-state index in [2.05, 4.69) is 10.0 Å². The molecule has 0 aliphatic heterocycles. The number of sulfonamides is 1. The molecule has 0 saturated heterocycles. The van der Waals surface area contributed by atoms with Crippen LogP contribution in [-0.2, 0) is 20.4 Å². The average Bonchev–Trinajstić information content (AvgIpc) is 2.12. The van der Waals surface area contributed by atoms with E-state index in [1.165, 1.54) is 0 Å². The lowest BCUT2D eigenvalue weighted by Gasteiger charge is -2.15. The number of hydrogen-bond acceptors (Lipinski definition) is 5. The van der Waals surface area contributed by atoms with Crippen molar-refractivity contribution in [3.05, 3.63) is 30.3 Å². The van der Waals surface area contributed by atoms with Crippen LogP contribution in [0.3, 0.4) is 0 Å². The van der Waals surface area contributed by atoms with Crippen LogP contribution in [0.25, 0.3) is 0 Å². The van der Waals surface area contributed by atoms with Gasteiger partial charge < -0.3 is 5.32 Å². The molecule has 0 heterocycles. The summed E-state index contributed by atoms with van der Waals surface area (Å²) < 4.78 is 55.8. The normalized spacial score (nSPS) is 13.1. The first kappa shape index (κ1) is 17.8. The van der Waals surface area contributed by atoms with Crippen LogP contribution in [-0.4, -0.2) is 38.4 Å². The van der Waals surface area contributed by atoms with E-state index in [-0.39, 0.29) is 6.17 Å². The molecule has 0 fully saturated rings. The molecule has 0 amide bonds. The van der Waals surface area contributed by atoms with Gasteiger partial charge in [0.15, 0.2) is 0 Å². The van der Waals surface area contributed by atoms with E-state index >= 15 is 0 Å². The summed E-state index contributed by atoms with van der Waals surface area (Å²) in [5, 5.41) is 3.01. The average molecular weight is 312 g/mol. The van der Waals surface area contributed by atoms with Crippen LogP contribution < -0.4 is 10.0 Å². The summed E-state index contributed by atoms with van der Waals surface area (Å²) in [6.07, 6.45) is 0.822. The molecule has 0 saturated carbocycles. The zero-order valence-corrected chi connectivity index (χ0v) is 11.9. The minimum absolute atomic E-state index is 0.313. The minimum Gasteiger partial charge on any atom is -0.369 e. The van der Waals surface area contributed by atoms with Crippen LogP contribution in [0.1, 0.15) is 6.92 Å². The van der Waals surface area contributed by atoms with E-state index in [9.17, 15) is 8.42 Å². The van der Waals surface area contributed by atoms with Gasteiger partial charge in [-0.3, -0.25) is 9.11 Å². The molecule has 1 unspecified atom stereocenters. The summed E-state index contributed by atoms with van der Waals surface area (Å²) in [7, 11) is -7.82. The SMILES string of the molecule is CC(Nc1ccccc1)NS(C)(=O)=O.O=S(=O)(O)O. The van der Waals surface area contributed by atoms with Gasteiger partial charge in [0.05, 0.1) is 12.4 Å². The molecule has 1 atom stereocenters. The first-order chi connectivity index (χ1) is 8.47. The molecule has 1 aromatic carbocycles. The van der Waals surface area contributed by atoms with Crippen LogP contribution in [0, 0.1) is 0 Å². The monoisotopic (exact) mass is 312 g/mol. The van der Waals surface area contributed by atoms with Crippen molar-refractivity contribution in [2.45, 2.75) is 13.1 Å². The summed E-state index contributed by atoms with van der Waals surface area (Å²) in [5.74, 6) is 0. The second-order valence-corrected chi connectivity index (χ2v) is 6.25. The lowest BCUT2D eigenvalue weighted by Crippen LogP contribution is -2.37. The summed E-state index contributed by atoms with van der Waals surface area (Å²) >= 11 is 0. The van der Waals surface area contributed by atoms with Gasteiger partial charge in [-0.1, -0.05) is 18.2 Å². The maximum atomic E-state index is 10.9.